The Bertz CT molecular complexity index is 486. The monoisotopic (exact) mass is 248 g/mol. The second-order valence-corrected chi connectivity index (χ2v) is 4.49. The lowest BCUT2D eigenvalue weighted by molar-refractivity contribution is -0.277. The summed E-state index contributed by atoms with van der Waals surface area (Å²) in [7, 11) is 0. The molecule has 1 aromatic carbocycles. The van der Waals surface area contributed by atoms with Crippen molar-refractivity contribution in [1.29, 1.82) is 0 Å². The molecule has 5 nitrogen and oxygen atoms in total. The lowest BCUT2D eigenvalue weighted by atomic mass is 10.0. The van der Waals surface area contributed by atoms with Crippen molar-refractivity contribution in [2.45, 2.75) is 32.5 Å². The molecule has 0 amide bonds. The van der Waals surface area contributed by atoms with Crippen LogP contribution < -0.4 is 0 Å². The number of benzene rings is 1. The maximum absolute atomic E-state index is 11.5. The number of Topliss-reactive ketones (excluding diaryl/α,β-unsaturated/α-hetero) is 1. The van der Waals surface area contributed by atoms with E-state index in [9.17, 15) is 10.0 Å². The molecule has 2 atom stereocenters. The van der Waals surface area contributed by atoms with E-state index < -0.39 is 11.8 Å². The van der Waals surface area contributed by atoms with Crippen LogP contribution in [0.25, 0.3) is 0 Å². The highest BCUT2D eigenvalue weighted by atomic mass is 16.7. The maximum atomic E-state index is 11.5. The molecule has 2 rings (SSSR count). The first kappa shape index (κ1) is 12.7. The van der Waals surface area contributed by atoms with Crippen LogP contribution in [0.1, 0.15) is 26.3 Å². The van der Waals surface area contributed by atoms with Gasteiger partial charge in [-0.3, -0.25) is 4.79 Å². The Morgan fingerprint density at radius 2 is 2.06 bits per heavy atom. The number of hydrogen-bond donors (Lipinski definition) is 1. The lowest BCUT2D eigenvalue weighted by Gasteiger charge is -2.39. The Morgan fingerprint density at radius 1 is 1.44 bits per heavy atom. The summed E-state index contributed by atoms with van der Waals surface area (Å²) in [5, 5.41) is 15.0. The second kappa shape index (κ2) is 4.51. The predicted octanol–water partition coefficient (Wildman–Crippen LogP) is 1.81. The quantitative estimate of drug-likeness (QED) is 0.867. The van der Waals surface area contributed by atoms with E-state index in [1.165, 1.54) is 13.8 Å². The molecule has 0 radical (unpaired) electrons. The zero-order valence-corrected chi connectivity index (χ0v) is 10.6. The van der Waals surface area contributed by atoms with Crippen LogP contribution in [0.2, 0.25) is 0 Å². The van der Waals surface area contributed by atoms with Crippen LogP contribution in [0.15, 0.2) is 35.5 Å². The second-order valence-electron chi connectivity index (χ2n) is 4.49. The Kier molecular flexibility index (Phi) is 3.19. The van der Waals surface area contributed by atoms with Gasteiger partial charge in [-0.15, -0.1) is 5.06 Å². The molecule has 0 aromatic heterocycles. The number of carbonyl (C=O) groups is 1. The van der Waals surface area contributed by atoms with Crippen LogP contribution in [-0.4, -0.2) is 33.5 Å². The third kappa shape index (κ3) is 1.91. The third-order valence-corrected chi connectivity index (χ3v) is 3.24. The average molecular weight is 248 g/mol. The summed E-state index contributed by atoms with van der Waals surface area (Å²) in [6.45, 7) is 4.63. The molecule has 0 fully saturated rings. The van der Waals surface area contributed by atoms with Crippen LogP contribution in [0, 0.1) is 0 Å². The molecule has 0 saturated carbocycles. The first-order valence-electron chi connectivity index (χ1n) is 5.77. The molecule has 0 aliphatic carbocycles. The molecular weight excluding hydrogens is 232 g/mol. The van der Waals surface area contributed by atoms with Crippen LogP contribution in [-0.2, 0) is 9.63 Å². The van der Waals surface area contributed by atoms with Gasteiger partial charge in [-0.25, -0.2) is 0 Å². The number of nitrogens with zero attached hydrogens (tertiary/aromatic N) is 2. The number of carbonyl (C=O) groups excluding carboxylic acids is 1. The van der Waals surface area contributed by atoms with E-state index in [2.05, 4.69) is 5.16 Å². The smallest absolute Gasteiger partial charge is 0.268 e. The molecule has 96 valence electrons. The Balaban J connectivity index is 2.38. The standard InChI is InChI=1S/C13H16N2O3/c1-9-12(11-7-5-4-6-8-11)14-18-13(3,10(2)16)15(9)17/h4-9,17H,1-3H3/t9-,13+/m1/s1. The van der Waals surface area contributed by atoms with Crippen LogP contribution in [0.3, 0.4) is 0 Å². The molecule has 5 heteroatoms. The molecule has 0 saturated heterocycles. The molecule has 1 aliphatic heterocycles. The maximum Gasteiger partial charge on any atom is 0.268 e. The van der Waals surface area contributed by atoms with Crippen molar-refractivity contribution in [2.75, 3.05) is 0 Å². The van der Waals surface area contributed by atoms with Gasteiger partial charge in [0, 0.05) is 19.4 Å². The number of rotatable bonds is 2. The molecule has 1 N–H and O–H groups in total. The number of oxime groups is 1. The highest BCUT2D eigenvalue weighted by Crippen LogP contribution is 2.26. The number of hydroxylamine groups is 2. The van der Waals surface area contributed by atoms with Gasteiger partial charge in [-0.05, 0) is 6.92 Å². The van der Waals surface area contributed by atoms with E-state index >= 15 is 0 Å². The molecule has 1 aromatic rings. The van der Waals surface area contributed by atoms with Gasteiger partial charge in [0.2, 0.25) is 0 Å². The summed E-state index contributed by atoms with van der Waals surface area (Å²) in [5.41, 5.74) is 0.0315. The molecule has 1 aliphatic rings. The van der Waals surface area contributed by atoms with Gasteiger partial charge in [0.1, 0.15) is 5.71 Å². The SMILES string of the molecule is CC(=O)[C@]1(C)ON=C(c2ccccc2)[C@@H](C)N1O. The summed E-state index contributed by atoms with van der Waals surface area (Å²) in [5.74, 6) is -0.298. The minimum absolute atomic E-state index is 0.298. The molecule has 0 unspecified atom stereocenters. The van der Waals surface area contributed by atoms with Crippen molar-refractivity contribution in [2.24, 2.45) is 5.16 Å². The largest absolute Gasteiger partial charge is 0.363 e. The lowest BCUT2D eigenvalue weighted by Crippen LogP contribution is -2.59. The molecule has 0 bridgehead atoms. The Hall–Kier alpha value is -1.72. The molecule has 18 heavy (non-hydrogen) atoms. The van der Waals surface area contributed by atoms with Crippen LogP contribution in [0.4, 0.5) is 0 Å². The van der Waals surface area contributed by atoms with Gasteiger partial charge in [-0.2, -0.15) is 0 Å². The van der Waals surface area contributed by atoms with Gasteiger partial charge >= 0.3 is 0 Å². The minimum Gasteiger partial charge on any atom is -0.363 e. The zero-order valence-electron chi connectivity index (χ0n) is 10.6. The Labute approximate surface area is 106 Å². The first-order chi connectivity index (χ1) is 8.47. The van der Waals surface area contributed by atoms with Crippen molar-refractivity contribution < 1.29 is 14.8 Å². The number of ketones is 1. The van der Waals surface area contributed by atoms with E-state index in [0.29, 0.717) is 5.71 Å². The minimum atomic E-state index is -1.42. The van der Waals surface area contributed by atoms with Crippen molar-refractivity contribution in [1.82, 2.24) is 5.06 Å². The number of hydrogen-bond acceptors (Lipinski definition) is 5. The van der Waals surface area contributed by atoms with Crippen molar-refractivity contribution in [3.8, 4) is 0 Å². The fourth-order valence-corrected chi connectivity index (χ4v) is 1.87. The highest BCUT2D eigenvalue weighted by molar-refractivity contribution is 6.04. The van der Waals surface area contributed by atoms with Crippen molar-refractivity contribution in [3.63, 3.8) is 0 Å². The summed E-state index contributed by atoms with van der Waals surface area (Å²) in [4.78, 5) is 16.7. The highest BCUT2D eigenvalue weighted by Gasteiger charge is 2.46. The van der Waals surface area contributed by atoms with Gasteiger partial charge in [0.05, 0.1) is 6.04 Å². The molecule has 1 heterocycles. The van der Waals surface area contributed by atoms with E-state index in [-0.39, 0.29) is 5.78 Å². The molecule has 0 spiro atoms. The van der Waals surface area contributed by atoms with E-state index in [1.54, 1.807) is 6.92 Å². The first-order valence-corrected chi connectivity index (χ1v) is 5.77. The summed E-state index contributed by atoms with van der Waals surface area (Å²) in [6, 6.07) is 8.99. The fourth-order valence-electron chi connectivity index (χ4n) is 1.87. The summed E-state index contributed by atoms with van der Waals surface area (Å²) in [6.07, 6.45) is 0. The Morgan fingerprint density at radius 3 is 2.61 bits per heavy atom. The topological polar surface area (TPSA) is 62.1 Å². The van der Waals surface area contributed by atoms with Gasteiger partial charge < -0.3 is 10.0 Å². The van der Waals surface area contributed by atoms with Crippen LogP contribution >= 0.6 is 0 Å². The van der Waals surface area contributed by atoms with Crippen molar-refractivity contribution >= 4 is 11.5 Å². The van der Waals surface area contributed by atoms with E-state index in [0.717, 1.165) is 10.6 Å². The summed E-state index contributed by atoms with van der Waals surface area (Å²) < 4.78 is 0. The fraction of sp³-hybridized carbons (Fsp3) is 0.385. The van der Waals surface area contributed by atoms with Crippen molar-refractivity contribution in [3.05, 3.63) is 35.9 Å². The van der Waals surface area contributed by atoms with E-state index in [1.807, 2.05) is 30.3 Å². The van der Waals surface area contributed by atoms with Gasteiger partial charge in [0.15, 0.2) is 5.78 Å². The average Bonchev–Trinajstić information content (AvgIpc) is 2.37. The van der Waals surface area contributed by atoms with Crippen LogP contribution in [0.5, 0.6) is 0 Å². The van der Waals surface area contributed by atoms with E-state index in [4.69, 9.17) is 4.84 Å². The molecular formula is C13H16N2O3. The van der Waals surface area contributed by atoms with Gasteiger partial charge in [0.25, 0.3) is 5.72 Å². The third-order valence-electron chi connectivity index (χ3n) is 3.24. The zero-order chi connectivity index (χ0) is 13.3. The predicted molar refractivity (Wildman–Crippen MR) is 66.2 cm³/mol. The van der Waals surface area contributed by atoms with Gasteiger partial charge in [-0.1, -0.05) is 35.5 Å². The normalized spacial score (nSPS) is 28.4. The summed E-state index contributed by atoms with van der Waals surface area (Å²) >= 11 is 0.